The van der Waals surface area contributed by atoms with Gasteiger partial charge in [0.2, 0.25) is 0 Å². The van der Waals surface area contributed by atoms with Crippen LogP contribution in [0.3, 0.4) is 0 Å². The molecule has 108 valence electrons. The first kappa shape index (κ1) is 13.8. The van der Waals surface area contributed by atoms with Gasteiger partial charge in [-0.05, 0) is 42.8 Å². The second-order valence-corrected chi connectivity index (χ2v) is 5.11. The molecule has 0 spiro atoms. The van der Waals surface area contributed by atoms with Crippen molar-refractivity contribution >= 4 is 11.0 Å². The van der Waals surface area contributed by atoms with E-state index in [0.717, 1.165) is 41.8 Å². The average molecular weight is 283 g/mol. The van der Waals surface area contributed by atoms with Crippen molar-refractivity contribution in [3.8, 4) is 0 Å². The van der Waals surface area contributed by atoms with Crippen LogP contribution in [0.2, 0.25) is 0 Å². The average Bonchev–Trinajstić information content (AvgIpc) is 2.89. The van der Waals surface area contributed by atoms with Crippen molar-refractivity contribution in [2.24, 2.45) is 0 Å². The Kier molecular flexibility index (Phi) is 4.26. The van der Waals surface area contributed by atoms with Crippen LogP contribution in [0, 0.1) is 5.82 Å². The highest BCUT2D eigenvalue weighted by molar-refractivity contribution is 5.74. The number of nitrogens with one attached hydrogen (secondary N) is 2. The number of halogens is 1. The van der Waals surface area contributed by atoms with Gasteiger partial charge in [0.25, 0.3) is 0 Å². The Morgan fingerprint density at radius 1 is 1.10 bits per heavy atom. The molecule has 0 aliphatic heterocycles. The lowest BCUT2D eigenvalue weighted by Crippen LogP contribution is -2.15. The molecule has 0 aliphatic rings. The molecule has 0 unspecified atom stereocenters. The summed E-state index contributed by atoms with van der Waals surface area (Å²) in [4.78, 5) is 7.87. The van der Waals surface area contributed by atoms with Gasteiger partial charge in [-0.25, -0.2) is 9.37 Å². The summed E-state index contributed by atoms with van der Waals surface area (Å²) in [6, 6.07) is 14.7. The number of aromatic amines is 1. The Labute approximate surface area is 123 Å². The molecule has 0 aliphatic carbocycles. The van der Waals surface area contributed by atoms with Crippen LogP contribution in [0.5, 0.6) is 0 Å². The molecule has 0 bridgehead atoms. The Morgan fingerprint density at radius 3 is 2.86 bits per heavy atom. The number of hydrogen-bond donors (Lipinski definition) is 2. The molecule has 0 saturated carbocycles. The van der Waals surface area contributed by atoms with Gasteiger partial charge in [-0.2, -0.15) is 0 Å². The molecule has 2 N–H and O–H groups in total. The molecular weight excluding hydrogens is 265 g/mol. The lowest BCUT2D eigenvalue weighted by molar-refractivity contribution is 0.614. The number of fused-ring (bicyclic) bond motifs is 1. The molecule has 3 rings (SSSR count). The van der Waals surface area contributed by atoms with Crippen molar-refractivity contribution in [2.45, 2.75) is 19.4 Å². The molecule has 2 aromatic carbocycles. The number of aromatic nitrogens is 2. The minimum absolute atomic E-state index is 0.184. The van der Waals surface area contributed by atoms with E-state index in [1.165, 1.54) is 6.07 Å². The maximum absolute atomic E-state index is 13.0. The van der Waals surface area contributed by atoms with Crippen molar-refractivity contribution in [1.82, 2.24) is 15.3 Å². The quantitative estimate of drug-likeness (QED) is 0.680. The van der Waals surface area contributed by atoms with Gasteiger partial charge in [0, 0.05) is 13.0 Å². The highest BCUT2D eigenvalue weighted by atomic mass is 19.1. The topological polar surface area (TPSA) is 40.7 Å². The fraction of sp³-hybridized carbons (Fsp3) is 0.235. The Morgan fingerprint density at radius 2 is 2.00 bits per heavy atom. The maximum atomic E-state index is 13.0. The molecule has 3 aromatic rings. The number of rotatable bonds is 6. The monoisotopic (exact) mass is 283 g/mol. The zero-order chi connectivity index (χ0) is 14.5. The van der Waals surface area contributed by atoms with Gasteiger partial charge in [-0.3, -0.25) is 0 Å². The van der Waals surface area contributed by atoms with Gasteiger partial charge in [0.05, 0.1) is 11.0 Å². The zero-order valence-electron chi connectivity index (χ0n) is 11.8. The highest BCUT2D eigenvalue weighted by Gasteiger charge is 2.01. The number of imidazole rings is 1. The highest BCUT2D eigenvalue weighted by Crippen LogP contribution is 2.11. The van der Waals surface area contributed by atoms with Crippen LogP contribution in [-0.2, 0) is 13.0 Å². The van der Waals surface area contributed by atoms with Crippen LogP contribution in [0.15, 0.2) is 48.5 Å². The first-order valence-electron chi connectivity index (χ1n) is 7.20. The Hall–Kier alpha value is -2.20. The normalized spacial score (nSPS) is 11.1. The molecule has 0 atom stereocenters. The molecule has 1 heterocycles. The summed E-state index contributed by atoms with van der Waals surface area (Å²) in [6.45, 7) is 1.57. The lowest BCUT2D eigenvalue weighted by atomic mass is 10.2. The summed E-state index contributed by atoms with van der Waals surface area (Å²) in [6.07, 6.45) is 1.90. The number of benzene rings is 2. The Balaban J connectivity index is 1.44. The molecule has 0 amide bonds. The number of aryl methyl sites for hydroxylation is 1. The molecule has 0 saturated heterocycles. The summed E-state index contributed by atoms with van der Waals surface area (Å²) in [5.41, 5.74) is 3.07. The molecule has 21 heavy (non-hydrogen) atoms. The summed E-state index contributed by atoms with van der Waals surface area (Å²) in [5, 5.41) is 3.32. The van der Waals surface area contributed by atoms with Crippen molar-refractivity contribution in [3.05, 3.63) is 65.7 Å². The fourth-order valence-electron chi connectivity index (χ4n) is 2.38. The van der Waals surface area contributed by atoms with Crippen molar-refractivity contribution in [2.75, 3.05) is 6.54 Å². The van der Waals surface area contributed by atoms with Gasteiger partial charge in [0.1, 0.15) is 11.6 Å². The van der Waals surface area contributed by atoms with E-state index >= 15 is 0 Å². The largest absolute Gasteiger partial charge is 0.342 e. The van der Waals surface area contributed by atoms with Crippen LogP contribution < -0.4 is 5.32 Å². The van der Waals surface area contributed by atoms with E-state index in [9.17, 15) is 4.39 Å². The van der Waals surface area contributed by atoms with E-state index < -0.39 is 0 Å². The smallest absolute Gasteiger partial charge is 0.123 e. The van der Waals surface area contributed by atoms with E-state index in [-0.39, 0.29) is 5.82 Å². The molecular formula is C17H18FN3. The second-order valence-electron chi connectivity index (χ2n) is 5.11. The van der Waals surface area contributed by atoms with E-state index in [0.29, 0.717) is 6.54 Å². The van der Waals surface area contributed by atoms with Crippen LogP contribution >= 0.6 is 0 Å². The van der Waals surface area contributed by atoms with Crippen molar-refractivity contribution < 1.29 is 4.39 Å². The molecule has 4 heteroatoms. The van der Waals surface area contributed by atoms with E-state index in [2.05, 4.69) is 15.3 Å². The summed E-state index contributed by atoms with van der Waals surface area (Å²) in [5.74, 6) is 0.834. The third kappa shape index (κ3) is 3.67. The van der Waals surface area contributed by atoms with Gasteiger partial charge < -0.3 is 10.3 Å². The van der Waals surface area contributed by atoms with Gasteiger partial charge in [-0.1, -0.05) is 24.3 Å². The fourth-order valence-corrected chi connectivity index (χ4v) is 2.38. The zero-order valence-corrected chi connectivity index (χ0v) is 11.8. The van der Waals surface area contributed by atoms with Gasteiger partial charge in [0.15, 0.2) is 0 Å². The minimum atomic E-state index is -0.184. The third-order valence-corrected chi connectivity index (χ3v) is 3.42. The first-order valence-corrected chi connectivity index (χ1v) is 7.20. The van der Waals surface area contributed by atoms with Gasteiger partial charge >= 0.3 is 0 Å². The summed E-state index contributed by atoms with van der Waals surface area (Å²) in [7, 11) is 0. The lowest BCUT2D eigenvalue weighted by Gasteiger charge is -2.04. The molecule has 1 aromatic heterocycles. The van der Waals surface area contributed by atoms with E-state index in [1.54, 1.807) is 12.1 Å². The standard InChI is InChI=1S/C17H18FN3/c18-14-6-3-5-13(11-14)12-19-10-4-9-17-20-15-7-1-2-8-16(15)21-17/h1-3,5-8,11,19H,4,9-10,12H2,(H,20,21). The van der Waals surface area contributed by atoms with Crippen molar-refractivity contribution in [1.29, 1.82) is 0 Å². The molecule has 0 fully saturated rings. The predicted molar refractivity (Wildman–Crippen MR) is 82.5 cm³/mol. The summed E-state index contributed by atoms with van der Waals surface area (Å²) >= 11 is 0. The molecule has 0 radical (unpaired) electrons. The number of H-pyrrole nitrogens is 1. The minimum Gasteiger partial charge on any atom is -0.342 e. The number of nitrogens with zero attached hydrogens (tertiary/aromatic N) is 1. The number of hydrogen-bond acceptors (Lipinski definition) is 2. The number of para-hydroxylation sites is 2. The van der Waals surface area contributed by atoms with E-state index in [4.69, 9.17) is 0 Å². The molecule has 3 nitrogen and oxygen atoms in total. The summed E-state index contributed by atoms with van der Waals surface area (Å²) < 4.78 is 13.0. The SMILES string of the molecule is Fc1cccc(CNCCCc2nc3ccccc3[nH]2)c1. The van der Waals surface area contributed by atoms with Crippen molar-refractivity contribution in [3.63, 3.8) is 0 Å². The maximum Gasteiger partial charge on any atom is 0.123 e. The van der Waals surface area contributed by atoms with Crippen LogP contribution in [0.1, 0.15) is 17.8 Å². The van der Waals surface area contributed by atoms with Gasteiger partial charge in [-0.15, -0.1) is 0 Å². The Bertz CT molecular complexity index is 688. The van der Waals surface area contributed by atoms with Crippen LogP contribution in [0.25, 0.3) is 11.0 Å². The second kappa shape index (κ2) is 6.50. The predicted octanol–water partition coefficient (Wildman–Crippen LogP) is 3.42. The van der Waals surface area contributed by atoms with E-state index in [1.807, 2.05) is 30.3 Å². The third-order valence-electron chi connectivity index (χ3n) is 3.42. The first-order chi connectivity index (χ1) is 10.3. The van der Waals surface area contributed by atoms with Crippen LogP contribution in [0.4, 0.5) is 4.39 Å². The van der Waals surface area contributed by atoms with Crippen LogP contribution in [-0.4, -0.2) is 16.5 Å².